The second kappa shape index (κ2) is 5.31. The van der Waals surface area contributed by atoms with E-state index in [-0.39, 0.29) is 19.0 Å². The van der Waals surface area contributed by atoms with Gasteiger partial charge in [-0.25, -0.2) is 12.8 Å². The number of hydrogen-bond acceptors (Lipinski definition) is 2. The average Bonchev–Trinajstić information content (AvgIpc) is 3.20. The van der Waals surface area contributed by atoms with E-state index in [0.29, 0.717) is 5.92 Å². The molecule has 0 spiro atoms. The normalized spacial score (nSPS) is 27.3. The van der Waals surface area contributed by atoms with Crippen molar-refractivity contribution in [2.45, 2.75) is 62.9 Å². The van der Waals surface area contributed by atoms with Crippen molar-refractivity contribution in [2.75, 3.05) is 6.54 Å². The van der Waals surface area contributed by atoms with Gasteiger partial charge < -0.3 is 0 Å². The van der Waals surface area contributed by atoms with Gasteiger partial charge in [-0.3, -0.25) is 0 Å². The van der Waals surface area contributed by atoms with E-state index in [4.69, 9.17) is 0 Å². The van der Waals surface area contributed by atoms with E-state index >= 15 is 0 Å². The minimum Gasteiger partial charge on any atom is -0.246 e. The molecule has 3 nitrogen and oxygen atoms in total. The first-order valence-corrected chi connectivity index (χ1v) is 9.40. The molecule has 1 aliphatic carbocycles. The van der Waals surface area contributed by atoms with Crippen LogP contribution in [0.3, 0.4) is 0 Å². The Morgan fingerprint density at radius 3 is 2.27 bits per heavy atom. The molecule has 1 aromatic rings. The van der Waals surface area contributed by atoms with Crippen LogP contribution in [-0.4, -0.2) is 30.2 Å². The number of halogens is 1. The molecule has 1 aliphatic heterocycles. The van der Waals surface area contributed by atoms with Gasteiger partial charge in [0, 0.05) is 13.0 Å². The molecule has 122 valence electrons. The van der Waals surface area contributed by atoms with Gasteiger partial charge in [-0.2, -0.15) is 4.31 Å². The Hall–Kier alpha value is -0.940. The first kappa shape index (κ1) is 15.9. The molecule has 1 saturated carbocycles. The summed E-state index contributed by atoms with van der Waals surface area (Å²) in [6, 6.07) is 7.59. The number of sulfonamides is 1. The monoisotopic (exact) mass is 325 g/mol. The Labute approximate surface area is 132 Å². The van der Waals surface area contributed by atoms with Crippen molar-refractivity contribution < 1.29 is 12.8 Å². The summed E-state index contributed by atoms with van der Waals surface area (Å²) in [6.07, 6.45) is 1.47. The van der Waals surface area contributed by atoms with Crippen molar-refractivity contribution in [2.24, 2.45) is 0 Å². The van der Waals surface area contributed by atoms with E-state index in [1.165, 1.54) is 9.87 Å². The predicted molar refractivity (Wildman–Crippen MR) is 86.0 cm³/mol. The number of nitrogens with zero attached hydrogens (tertiary/aromatic N) is 1. The lowest BCUT2D eigenvalue weighted by atomic mass is 9.96. The van der Waals surface area contributed by atoms with Crippen molar-refractivity contribution >= 4 is 10.0 Å². The standard InChI is InChI=1S/C17H24FNO2S/c1-17(2,3)22(20,21)19-11-13(18)10-16(19)15-7-5-4-6-14(15)12-8-9-12/h4-7,12-13,16H,8-11H2,1-3H3. The van der Waals surface area contributed by atoms with Crippen LogP contribution in [0, 0.1) is 0 Å². The summed E-state index contributed by atoms with van der Waals surface area (Å²) in [5, 5.41) is 0. The summed E-state index contributed by atoms with van der Waals surface area (Å²) >= 11 is 0. The zero-order valence-electron chi connectivity index (χ0n) is 13.4. The van der Waals surface area contributed by atoms with E-state index in [1.807, 2.05) is 18.2 Å². The smallest absolute Gasteiger partial charge is 0.219 e. The third kappa shape index (κ3) is 2.69. The average molecular weight is 325 g/mol. The third-order valence-corrected chi connectivity index (χ3v) is 7.23. The highest BCUT2D eigenvalue weighted by molar-refractivity contribution is 7.90. The first-order valence-electron chi connectivity index (χ1n) is 7.96. The van der Waals surface area contributed by atoms with Gasteiger partial charge in [0.2, 0.25) is 10.0 Å². The van der Waals surface area contributed by atoms with Gasteiger partial charge in [0.05, 0.1) is 10.8 Å². The fraction of sp³-hybridized carbons (Fsp3) is 0.647. The Bertz CT molecular complexity index is 661. The lowest BCUT2D eigenvalue weighted by molar-refractivity contribution is 0.339. The molecular weight excluding hydrogens is 301 g/mol. The van der Waals surface area contributed by atoms with Crippen LogP contribution in [0.2, 0.25) is 0 Å². The highest BCUT2D eigenvalue weighted by Crippen LogP contribution is 2.47. The molecule has 0 aromatic heterocycles. The van der Waals surface area contributed by atoms with Gasteiger partial charge in [-0.15, -0.1) is 0 Å². The summed E-state index contributed by atoms with van der Waals surface area (Å²) in [5.74, 6) is 0.522. The maximum atomic E-state index is 14.1. The Morgan fingerprint density at radius 2 is 1.73 bits per heavy atom. The maximum absolute atomic E-state index is 14.1. The quantitative estimate of drug-likeness (QED) is 0.848. The molecule has 5 heteroatoms. The number of benzene rings is 1. The molecule has 0 amide bonds. The number of rotatable bonds is 3. The highest BCUT2D eigenvalue weighted by Gasteiger charge is 2.46. The van der Waals surface area contributed by atoms with Gasteiger partial charge in [0.1, 0.15) is 6.17 Å². The van der Waals surface area contributed by atoms with E-state index in [0.717, 1.165) is 18.4 Å². The van der Waals surface area contributed by atoms with Crippen LogP contribution in [0.4, 0.5) is 4.39 Å². The van der Waals surface area contributed by atoms with Crippen LogP contribution < -0.4 is 0 Å². The van der Waals surface area contributed by atoms with Gasteiger partial charge >= 0.3 is 0 Å². The summed E-state index contributed by atoms with van der Waals surface area (Å²) in [6.45, 7) is 5.01. The molecule has 3 rings (SSSR count). The summed E-state index contributed by atoms with van der Waals surface area (Å²) in [5.41, 5.74) is 2.20. The van der Waals surface area contributed by atoms with Crippen molar-refractivity contribution in [3.05, 3.63) is 35.4 Å². The fourth-order valence-electron chi connectivity index (χ4n) is 3.24. The zero-order valence-corrected chi connectivity index (χ0v) is 14.2. The van der Waals surface area contributed by atoms with Crippen molar-refractivity contribution in [1.82, 2.24) is 4.31 Å². The Balaban J connectivity index is 2.02. The molecule has 2 aliphatic rings. The van der Waals surface area contributed by atoms with Crippen LogP contribution in [0.25, 0.3) is 0 Å². The number of alkyl halides is 1. The van der Waals surface area contributed by atoms with Gasteiger partial charge in [-0.1, -0.05) is 24.3 Å². The second-order valence-corrected chi connectivity index (χ2v) is 10.1. The SMILES string of the molecule is CC(C)(C)S(=O)(=O)N1CC(F)CC1c1ccccc1C1CC1. The zero-order chi connectivity index (χ0) is 16.1. The lowest BCUT2D eigenvalue weighted by Gasteiger charge is -2.32. The molecule has 0 radical (unpaired) electrons. The molecular formula is C17H24FNO2S. The van der Waals surface area contributed by atoms with Crippen LogP contribution >= 0.6 is 0 Å². The molecule has 2 unspecified atom stereocenters. The van der Waals surface area contributed by atoms with Gasteiger partial charge in [0.25, 0.3) is 0 Å². The van der Waals surface area contributed by atoms with Crippen molar-refractivity contribution in [3.63, 3.8) is 0 Å². The van der Waals surface area contributed by atoms with Crippen LogP contribution in [-0.2, 0) is 10.0 Å². The highest BCUT2D eigenvalue weighted by atomic mass is 32.2. The molecule has 22 heavy (non-hydrogen) atoms. The molecule has 0 N–H and O–H groups in total. The largest absolute Gasteiger partial charge is 0.246 e. The molecule has 1 aromatic carbocycles. The van der Waals surface area contributed by atoms with E-state index in [2.05, 4.69) is 6.07 Å². The Kier molecular flexibility index (Phi) is 3.84. The van der Waals surface area contributed by atoms with Gasteiger partial charge in [0.15, 0.2) is 0 Å². The van der Waals surface area contributed by atoms with E-state index < -0.39 is 20.9 Å². The molecule has 2 fully saturated rings. The maximum Gasteiger partial charge on any atom is 0.219 e. The molecule has 1 heterocycles. The summed E-state index contributed by atoms with van der Waals surface area (Å²) in [7, 11) is -3.54. The Morgan fingerprint density at radius 1 is 1.14 bits per heavy atom. The lowest BCUT2D eigenvalue weighted by Crippen LogP contribution is -2.43. The van der Waals surface area contributed by atoms with E-state index in [9.17, 15) is 12.8 Å². The molecule has 0 bridgehead atoms. The van der Waals surface area contributed by atoms with Crippen molar-refractivity contribution in [1.29, 1.82) is 0 Å². The fourth-order valence-corrected chi connectivity index (χ4v) is 4.83. The summed E-state index contributed by atoms with van der Waals surface area (Å²) in [4.78, 5) is 0. The number of hydrogen-bond donors (Lipinski definition) is 0. The predicted octanol–water partition coefficient (Wildman–Crippen LogP) is 3.78. The molecule has 2 atom stereocenters. The van der Waals surface area contributed by atoms with E-state index in [1.54, 1.807) is 20.8 Å². The van der Waals surface area contributed by atoms with Crippen LogP contribution in [0.5, 0.6) is 0 Å². The third-order valence-electron chi connectivity index (χ3n) is 4.66. The van der Waals surface area contributed by atoms with Crippen LogP contribution in [0.15, 0.2) is 24.3 Å². The molecule has 1 saturated heterocycles. The van der Waals surface area contributed by atoms with Crippen LogP contribution in [0.1, 0.15) is 63.1 Å². The van der Waals surface area contributed by atoms with Crippen molar-refractivity contribution in [3.8, 4) is 0 Å². The first-order chi connectivity index (χ1) is 10.2. The minimum absolute atomic E-state index is 0.0245. The topological polar surface area (TPSA) is 37.4 Å². The summed E-state index contributed by atoms with van der Waals surface area (Å²) < 4.78 is 40.2. The minimum atomic E-state index is -3.54. The second-order valence-electron chi connectivity index (χ2n) is 7.44. The van der Waals surface area contributed by atoms with Gasteiger partial charge in [-0.05, 0) is 50.7 Å².